The van der Waals surface area contributed by atoms with Crippen molar-refractivity contribution in [1.29, 1.82) is 0 Å². The van der Waals surface area contributed by atoms with Crippen molar-refractivity contribution >= 4 is 21.6 Å². The van der Waals surface area contributed by atoms with Crippen LogP contribution in [0.3, 0.4) is 0 Å². The van der Waals surface area contributed by atoms with Gasteiger partial charge in [-0.3, -0.25) is 0 Å². The van der Waals surface area contributed by atoms with Crippen LogP contribution in [0, 0.1) is 0 Å². The maximum atomic E-state index is 5.46. The van der Waals surface area contributed by atoms with Crippen molar-refractivity contribution in [3.05, 3.63) is 28.6 Å². The Bertz CT molecular complexity index is 437. The van der Waals surface area contributed by atoms with Crippen LogP contribution in [0.25, 0.3) is 5.65 Å². The molecule has 0 atom stereocenters. The summed E-state index contributed by atoms with van der Waals surface area (Å²) in [6, 6.07) is 1.86. The van der Waals surface area contributed by atoms with Crippen molar-refractivity contribution in [3.8, 4) is 0 Å². The number of rotatable bonds is 3. The number of hydrogen-bond donors (Lipinski definition) is 1. The summed E-state index contributed by atoms with van der Waals surface area (Å²) in [5, 5.41) is 4.40. The van der Waals surface area contributed by atoms with E-state index in [-0.39, 0.29) is 0 Å². The highest BCUT2D eigenvalue weighted by Gasteiger charge is 2.09. The Morgan fingerprint density at radius 2 is 2.36 bits per heavy atom. The standard InChI is InChI=1S/C9H11BrN4/c10-8-7(3-1-4-11)13-14-6-2-5-12-9(8)14/h2,5-6H,1,3-4,11H2. The van der Waals surface area contributed by atoms with E-state index in [1.807, 2.05) is 12.3 Å². The molecule has 0 bridgehead atoms. The molecule has 5 heteroatoms. The van der Waals surface area contributed by atoms with E-state index in [1.165, 1.54) is 0 Å². The van der Waals surface area contributed by atoms with E-state index in [2.05, 4.69) is 26.0 Å². The summed E-state index contributed by atoms with van der Waals surface area (Å²) >= 11 is 3.50. The Morgan fingerprint density at radius 3 is 3.07 bits per heavy atom. The average Bonchev–Trinajstić information content (AvgIpc) is 2.54. The first-order valence-corrected chi connectivity index (χ1v) is 5.30. The second kappa shape index (κ2) is 4.06. The fraction of sp³-hybridized carbons (Fsp3) is 0.333. The summed E-state index contributed by atoms with van der Waals surface area (Å²) in [7, 11) is 0. The van der Waals surface area contributed by atoms with Gasteiger partial charge in [0.1, 0.15) is 0 Å². The number of aryl methyl sites for hydroxylation is 1. The molecule has 2 heterocycles. The van der Waals surface area contributed by atoms with Crippen molar-refractivity contribution in [2.45, 2.75) is 12.8 Å². The topological polar surface area (TPSA) is 56.2 Å². The van der Waals surface area contributed by atoms with Crippen LogP contribution in [0.5, 0.6) is 0 Å². The van der Waals surface area contributed by atoms with Crippen molar-refractivity contribution in [3.63, 3.8) is 0 Å². The molecule has 2 aromatic rings. The lowest BCUT2D eigenvalue weighted by Crippen LogP contribution is -2.01. The van der Waals surface area contributed by atoms with Gasteiger partial charge in [-0.25, -0.2) is 9.50 Å². The highest BCUT2D eigenvalue weighted by molar-refractivity contribution is 9.10. The maximum absolute atomic E-state index is 5.46. The first kappa shape index (κ1) is 9.61. The van der Waals surface area contributed by atoms with Crippen molar-refractivity contribution in [2.24, 2.45) is 5.73 Å². The maximum Gasteiger partial charge on any atom is 0.169 e. The predicted octanol–water partition coefficient (Wildman–Crippen LogP) is 1.38. The molecule has 0 fully saturated rings. The third-order valence-corrected chi connectivity index (χ3v) is 2.84. The molecule has 74 valence electrons. The Morgan fingerprint density at radius 1 is 1.50 bits per heavy atom. The van der Waals surface area contributed by atoms with Gasteiger partial charge in [0.25, 0.3) is 0 Å². The van der Waals surface area contributed by atoms with E-state index >= 15 is 0 Å². The van der Waals surface area contributed by atoms with E-state index in [0.717, 1.165) is 28.7 Å². The molecule has 0 spiro atoms. The fourth-order valence-electron chi connectivity index (χ4n) is 1.33. The Kier molecular flexibility index (Phi) is 2.79. The summed E-state index contributed by atoms with van der Waals surface area (Å²) in [5.74, 6) is 0. The molecular formula is C9H11BrN4. The third kappa shape index (κ3) is 1.65. The summed E-state index contributed by atoms with van der Waals surface area (Å²) < 4.78 is 2.75. The number of halogens is 1. The molecule has 0 aliphatic heterocycles. The highest BCUT2D eigenvalue weighted by Crippen LogP contribution is 2.21. The Labute approximate surface area is 90.3 Å². The summed E-state index contributed by atoms with van der Waals surface area (Å²) in [6.45, 7) is 0.688. The monoisotopic (exact) mass is 254 g/mol. The number of nitrogens with two attached hydrogens (primary N) is 1. The van der Waals surface area contributed by atoms with Crippen LogP contribution < -0.4 is 5.73 Å². The molecule has 2 N–H and O–H groups in total. The summed E-state index contributed by atoms with van der Waals surface area (Å²) in [4.78, 5) is 4.23. The van der Waals surface area contributed by atoms with E-state index in [4.69, 9.17) is 5.73 Å². The van der Waals surface area contributed by atoms with Gasteiger partial charge >= 0.3 is 0 Å². The zero-order valence-corrected chi connectivity index (χ0v) is 9.24. The Balaban J connectivity index is 2.41. The average molecular weight is 255 g/mol. The third-order valence-electron chi connectivity index (χ3n) is 2.02. The molecule has 14 heavy (non-hydrogen) atoms. The van der Waals surface area contributed by atoms with Crippen LogP contribution in [-0.2, 0) is 6.42 Å². The quantitative estimate of drug-likeness (QED) is 0.901. The lowest BCUT2D eigenvalue weighted by molar-refractivity contribution is 0.786. The smallest absolute Gasteiger partial charge is 0.169 e. The van der Waals surface area contributed by atoms with Gasteiger partial charge < -0.3 is 5.73 Å². The van der Waals surface area contributed by atoms with E-state index < -0.39 is 0 Å². The highest BCUT2D eigenvalue weighted by atomic mass is 79.9. The molecule has 0 saturated carbocycles. The van der Waals surface area contributed by atoms with Gasteiger partial charge in [0, 0.05) is 12.4 Å². The number of hydrogen-bond acceptors (Lipinski definition) is 3. The van der Waals surface area contributed by atoms with Crippen molar-refractivity contribution in [2.75, 3.05) is 6.54 Å². The van der Waals surface area contributed by atoms with Crippen LogP contribution in [0.1, 0.15) is 12.1 Å². The van der Waals surface area contributed by atoms with Gasteiger partial charge in [0.15, 0.2) is 5.65 Å². The lowest BCUT2D eigenvalue weighted by atomic mass is 10.2. The van der Waals surface area contributed by atoms with Crippen LogP contribution >= 0.6 is 15.9 Å². The fourth-order valence-corrected chi connectivity index (χ4v) is 1.90. The molecule has 2 aromatic heterocycles. The molecule has 0 aromatic carbocycles. The molecule has 0 unspecified atom stereocenters. The SMILES string of the molecule is NCCCc1nn2cccnc2c1Br. The minimum Gasteiger partial charge on any atom is -0.330 e. The van der Waals surface area contributed by atoms with E-state index in [9.17, 15) is 0 Å². The van der Waals surface area contributed by atoms with Gasteiger partial charge in [-0.05, 0) is 41.4 Å². The lowest BCUT2D eigenvalue weighted by Gasteiger charge is -1.92. The van der Waals surface area contributed by atoms with Crippen LogP contribution in [0.2, 0.25) is 0 Å². The normalized spacial score (nSPS) is 11.0. The second-order valence-corrected chi connectivity index (χ2v) is 3.83. The number of nitrogens with zero attached hydrogens (tertiary/aromatic N) is 3. The minimum atomic E-state index is 0.688. The van der Waals surface area contributed by atoms with E-state index in [1.54, 1.807) is 10.7 Å². The first-order valence-electron chi connectivity index (χ1n) is 4.50. The molecule has 0 amide bonds. The zero-order valence-electron chi connectivity index (χ0n) is 7.65. The molecule has 0 aliphatic carbocycles. The summed E-state index contributed by atoms with van der Waals surface area (Å²) in [6.07, 6.45) is 5.48. The van der Waals surface area contributed by atoms with Crippen LogP contribution in [-0.4, -0.2) is 21.1 Å². The predicted molar refractivity (Wildman–Crippen MR) is 58.1 cm³/mol. The van der Waals surface area contributed by atoms with Gasteiger partial charge in [-0.1, -0.05) is 0 Å². The summed E-state index contributed by atoms with van der Waals surface area (Å²) in [5.41, 5.74) is 7.34. The second-order valence-electron chi connectivity index (χ2n) is 3.04. The minimum absolute atomic E-state index is 0.688. The largest absolute Gasteiger partial charge is 0.330 e. The van der Waals surface area contributed by atoms with Gasteiger partial charge in [-0.15, -0.1) is 0 Å². The van der Waals surface area contributed by atoms with E-state index in [0.29, 0.717) is 6.54 Å². The molecule has 0 saturated heterocycles. The van der Waals surface area contributed by atoms with Crippen LogP contribution in [0.15, 0.2) is 22.9 Å². The molecular weight excluding hydrogens is 244 g/mol. The Hall–Kier alpha value is -0.940. The molecule has 4 nitrogen and oxygen atoms in total. The van der Waals surface area contributed by atoms with Crippen molar-refractivity contribution < 1.29 is 0 Å². The van der Waals surface area contributed by atoms with Crippen molar-refractivity contribution in [1.82, 2.24) is 14.6 Å². The molecule has 2 rings (SSSR count). The number of aromatic nitrogens is 3. The first-order chi connectivity index (χ1) is 6.83. The van der Waals surface area contributed by atoms with Gasteiger partial charge in [0.2, 0.25) is 0 Å². The molecule has 0 aliphatic rings. The van der Waals surface area contributed by atoms with Gasteiger partial charge in [-0.2, -0.15) is 5.10 Å². The van der Waals surface area contributed by atoms with Crippen LogP contribution in [0.4, 0.5) is 0 Å². The number of fused-ring (bicyclic) bond motifs is 1. The zero-order chi connectivity index (χ0) is 9.97. The molecule has 0 radical (unpaired) electrons. The van der Waals surface area contributed by atoms with Gasteiger partial charge in [0.05, 0.1) is 10.2 Å².